The number of aromatic nitrogens is 3. The molecule has 0 aromatic carbocycles. The molecule has 138 valence electrons. The monoisotopic (exact) mass is 362 g/mol. The van der Waals surface area contributed by atoms with Crippen LogP contribution in [0, 0.1) is 6.92 Å². The number of hydrogen-bond donors (Lipinski definition) is 0. The minimum absolute atomic E-state index is 0.0500. The quantitative estimate of drug-likeness (QED) is 0.708. The number of aryl methyl sites for hydroxylation is 1. The van der Waals surface area contributed by atoms with E-state index in [1.165, 1.54) is 18.4 Å². The second kappa shape index (κ2) is 6.44. The molecule has 4 heterocycles. The third-order valence-electron chi connectivity index (χ3n) is 5.68. The second-order valence-electron chi connectivity index (χ2n) is 7.72. The summed E-state index contributed by atoms with van der Waals surface area (Å²) in [5.74, 6) is 1.68. The Balaban J connectivity index is 1.28. The molecule has 1 amide bonds. The fourth-order valence-corrected chi connectivity index (χ4v) is 3.92. The van der Waals surface area contributed by atoms with Crippen molar-refractivity contribution in [1.29, 1.82) is 0 Å². The number of carbonyl (C=O) groups excluding carboxylic acids is 1. The van der Waals surface area contributed by atoms with Crippen LogP contribution in [0.4, 0.5) is 0 Å². The molecule has 0 N–H and O–H groups in total. The van der Waals surface area contributed by atoms with E-state index in [9.17, 15) is 4.79 Å². The van der Waals surface area contributed by atoms with E-state index in [1.54, 1.807) is 13.0 Å². The van der Waals surface area contributed by atoms with Gasteiger partial charge in [-0.15, -0.1) is 0 Å². The minimum atomic E-state index is -0.0500. The van der Waals surface area contributed by atoms with Gasteiger partial charge in [0, 0.05) is 42.4 Å². The van der Waals surface area contributed by atoms with E-state index in [0.29, 0.717) is 36.4 Å². The minimum Gasteiger partial charge on any atom is -0.361 e. The van der Waals surface area contributed by atoms with Crippen LogP contribution in [-0.4, -0.2) is 39.0 Å². The molecule has 0 radical (unpaired) electrons. The molecule has 1 saturated carbocycles. The van der Waals surface area contributed by atoms with Gasteiger partial charge >= 0.3 is 0 Å². The molecule has 0 bridgehead atoms. The fourth-order valence-electron chi connectivity index (χ4n) is 3.92. The summed E-state index contributed by atoms with van der Waals surface area (Å²) < 4.78 is 5.02. The summed E-state index contributed by atoms with van der Waals surface area (Å²) in [5, 5.41) is 4.96. The molecule has 5 rings (SSSR count). The Bertz CT molecular complexity index is 1000. The predicted octanol–water partition coefficient (Wildman–Crippen LogP) is 3.82. The van der Waals surface area contributed by atoms with Crippen molar-refractivity contribution in [2.24, 2.45) is 0 Å². The number of rotatable bonds is 3. The van der Waals surface area contributed by atoms with Crippen LogP contribution in [0.15, 0.2) is 35.0 Å². The van der Waals surface area contributed by atoms with Gasteiger partial charge in [-0.1, -0.05) is 5.16 Å². The van der Waals surface area contributed by atoms with Crippen LogP contribution >= 0.6 is 0 Å². The lowest BCUT2D eigenvalue weighted by Crippen LogP contribution is -2.38. The first-order valence-electron chi connectivity index (χ1n) is 9.66. The number of carbonyl (C=O) groups is 1. The van der Waals surface area contributed by atoms with Crippen molar-refractivity contribution in [2.75, 3.05) is 13.1 Å². The number of piperidine rings is 1. The summed E-state index contributed by atoms with van der Waals surface area (Å²) in [6.07, 6.45) is 6.36. The number of hydrogen-bond acceptors (Lipinski definition) is 5. The molecule has 2 aliphatic rings. The Hall–Kier alpha value is -2.76. The molecule has 3 aromatic heterocycles. The van der Waals surface area contributed by atoms with Crippen LogP contribution in [-0.2, 0) is 0 Å². The Labute approximate surface area is 157 Å². The molecule has 0 unspecified atom stereocenters. The molecule has 0 spiro atoms. The van der Waals surface area contributed by atoms with Gasteiger partial charge in [0.15, 0.2) is 11.3 Å². The van der Waals surface area contributed by atoms with Crippen molar-refractivity contribution in [1.82, 2.24) is 20.0 Å². The summed E-state index contributed by atoms with van der Waals surface area (Å²) in [6.45, 7) is 3.22. The molecular weight excluding hydrogens is 340 g/mol. The maximum absolute atomic E-state index is 12.5. The van der Waals surface area contributed by atoms with Crippen molar-refractivity contribution >= 4 is 16.9 Å². The summed E-state index contributed by atoms with van der Waals surface area (Å²) in [6, 6.07) is 8.20. The first-order valence-corrected chi connectivity index (χ1v) is 9.66. The number of nitrogens with zero attached hydrogens (tertiary/aromatic N) is 4. The molecule has 3 aromatic rings. The third-order valence-corrected chi connectivity index (χ3v) is 5.68. The van der Waals surface area contributed by atoms with Crippen molar-refractivity contribution < 1.29 is 9.32 Å². The van der Waals surface area contributed by atoms with E-state index >= 15 is 0 Å². The highest BCUT2D eigenvalue weighted by Gasteiger charge is 2.27. The van der Waals surface area contributed by atoms with E-state index < -0.39 is 0 Å². The largest absolute Gasteiger partial charge is 0.361 e. The lowest BCUT2D eigenvalue weighted by atomic mass is 9.92. The zero-order chi connectivity index (χ0) is 18.4. The lowest BCUT2D eigenvalue weighted by Gasteiger charge is -2.31. The van der Waals surface area contributed by atoms with Gasteiger partial charge in [-0.05, 0) is 62.3 Å². The summed E-state index contributed by atoms with van der Waals surface area (Å²) in [7, 11) is 0. The topological polar surface area (TPSA) is 72.1 Å². The van der Waals surface area contributed by atoms with Gasteiger partial charge in [-0.2, -0.15) is 0 Å². The highest BCUT2D eigenvalue weighted by molar-refractivity contribution is 5.92. The summed E-state index contributed by atoms with van der Waals surface area (Å²) in [5.41, 5.74) is 3.64. The van der Waals surface area contributed by atoms with E-state index in [1.807, 2.05) is 11.1 Å². The average Bonchev–Trinajstić information content (AvgIpc) is 3.47. The lowest BCUT2D eigenvalue weighted by molar-refractivity contribution is 0.0701. The Morgan fingerprint density at radius 1 is 1.11 bits per heavy atom. The number of fused-ring (bicyclic) bond motifs is 1. The molecule has 1 aliphatic heterocycles. The van der Waals surface area contributed by atoms with Gasteiger partial charge in [0.05, 0.1) is 0 Å². The first-order chi connectivity index (χ1) is 13.2. The molecule has 6 nitrogen and oxygen atoms in total. The summed E-state index contributed by atoms with van der Waals surface area (Å²) >= 11 is 0. The Kier molecular flexibility index (Phi) is 3.92. The maximum atomic E-state index is 12.5. The first kappa shape index (κ1) is 16.4. The van der Waals surface area contributed by atoms with Crippen LogP contribution in [0.5, 0.6) is 0 Å². The molecule has 0 atom stereocenters. The van der Waals surface area contributed by atoms with E-state index in [0.717, 1.165) is 29.6 Å². The van der Waals surface area contributed by atoms with Crippen LogP contribution in [0.1, 0.15) is 65.0 Å². The second-order valence-corrected chi connectivity index (χ2v) is 7.72. The number of pyridine rings is 2. The van der Waals surface area contributed by atoms with Crippen LogP contribution < -0.4 is 0 Å². The summed E-state index contributed by atoms with van der Waals surface area (Å²) in [4.78, 5) is 23.8. The zero-order valence-corrected chi connectivity index (χ0v) is 15.4. The average molecular weight is 362 g/mol. The van der Waals surface area contributed by atoms with Gasteiger partial charge in [0.2, 0.25) is 0 Å². The van der Waals surface area contributed by atoms with Gasteiger partial charge in [0.1, 0.15) is 5.76 Å². The van der Waals surface area contributed by atoms with Crippen molar-refractivity contribution in [3.63, 3.8) is 0 Å². The number of amides is 1. The van der Waals surface area contributed by atoms with Crippen LogP contribution in [0.3, 0.4) is 0 Å². The van der Waals surface area contributed by atoms with Crippen molar-refractivity contribution in [2.45, 2.75) is 44.4 Å². The van der Waals surface area contributed by atoms with E-state index in [4.69, 9.17) is 9.51 Å². The van der Waals surface area contributed by atoms with Gasteiger partial charge in [0.25, 0.3) is 5.91 Å². The predicted molar refractivity (Wildman–Crippen MR) is 101 cm³/mol. The maximum Gasteiger partial charge on any atom is 0.276 e. The van der Waals surface area contributed by atoms with E-state index in [2.05, 4.69) is 28.3 Å². The third kappa shape index (κ3) is 3.20. The Morgan fingerprint density at radius 2 is 1.93 bits per heavy atom. The van der Waals surface area contributed by atoms with Crippen LogP contribution in [0.2, 0.25) is 0 Å². The standard InChI is InChI=1S/C21H22N4O2/c1-13-10-19(24-27-13)21(26)25-8-6-15(7-9-25)18-5-4-16-11-17(14-2-3-14)12-22-20(16)23-18/h4-5,10-12,14-15H,2-3,6-9H2,1H3. The van der Waals surface area contributed by atoms with E-state index in [-0.39, 0.29) is 5.91 Å². The molecule has 6 heteroatoms. The van der Waals surface area contributed by atoms with Gasteiger partial charge in [-0.3, -0.25) is 4.79 Å². The molecule has 2 fully saturated rings. The molecular formula is C21H22N4O2. The highest BCUT2D eigenvalue weighted by Crippen LogP contribution is 2.40. The molecule has 1 saturated heterocycles. The van der Waals surface area contributed by atoms with Crippen molar-refractivity contribution in [3.05, 3.63) is 53.2 Å². The smallest absolute Gasteiger partial charge is 0.276 e. The van der Waals surface area contributed by atoms with Crippen molar-refractivity contribution in [3.8, 4) is 0 Å². The molecule has 27 heavy (non-hydrogen) atoms. The van der Waals surface area contributed by atoms with Crippen LogP contribution in [0.25, 0.3) is 11.0 Å². The SMILES string of the molecule is Cc1cc(C(=O)N2CCC(c3ccc4cc(C5CC5)cnc4n3)CC2)no1. The fraction of sp³-hybridized carbons (Fsp3) is 0.429. The molecule has 1 aliphatic carbocycles. The highest BCUT2D eigenvalue weighted by atomic mass is 16.5. The Morgan fingerprint density at radius 3 is 2.63 bits per heavy atom. The normalized spacial score (nSPS) is 18.2. The zero-order valence-electron chi connectivity index (χ0n) is 15.4. The van der Waals surface area contributed by atoms with Gasteiger partial charge in [-0.25, -0.2) is 9.97 Å². The number of likely N-dealkylation sites (tertiary alicyclic amines) is 1. The van der Waals surface area contributed by atoms with Gasteiger partial charge < -0.3 is 9.42 Å².